The van der Waals surface area contributed by atoms with E-state index in [2.05, 4.69) is 16.1 Å². The third kappa shape index (κ3) is 2.06. The summed E-state index contributed by atoms with van der Waals surface area (Å²) in [6.45, 7) is 1.81. The third-order valence-electron chi connectivity index (χ3n) is 1.67. The summed E-state index contributed by atoms with van der Waals surface area (Å²) < 4.78 is 0. The lowest BCUT2D eigenvalue weighted by Crippen LogP contribution is -1.98. The Morgan fingerprint density at radius 3 is 2.77 bits per heavy atom. The number of oxime groups is 1. The van der Waals surface area contributed by atoms with E-state index in [1.165, 1.54) is 7.11 Å². The van der Waals surface area contributed by atoms with Gasteiger partial charge in [0.05, 0.1) is 17.3 Å². The van der Waals surface area contributed by atoms with E-state index in [0.717, 1.165) is 5.56 Å². The van der Waals surface area contributed by atoms with Crippen molar-refractivity contribution in [3.63, 3.8) is 0 Å². The van der Waals surface area contributed by atoms with Crippen LogP contribution < -0.4 is 0 Å². The molecule has 0 atom stereocenters. The molecule has 0 aliphatic heterocycles. The van der Waals surface area contributed by atoms with Gasteiger partial charge in [0.15, 0.2) is 0 Å². The molecule has 3 nitrogen and oxygen atoms in total. The maximum atomic E-state index is 8.79. The highest BCUT2D eigenvalue weighted by Crippen LogP contribution is 2.08. The summed E-state index contributed by atoms with van der Waals surface area (Å²) in [6, 6.07) is 9.38. The first-order valence-electron chi connectivity index (χ1n) is 3.87. The van der Waals surface area contributed by atoms with Crippen molar-refractivity contribution in [1.82, 2.24) is 0 Å². The van der Waals surface area contributed by atoms with Crippen molar-refractivity contribution in [2.45, 2.75) is 6.92 Å². The highest BCUT2D eigenvalue weighted by Gasteiger charge is 2.03. The minimum atomic E-state index is 0.612. The van der Waals surface area contributed by atoms with Crippen LogP contribution in [0.15, 0.2) is 29.4 Å². The van der Waals surface area contributed by atoms with Gasteiger partial charge in [0, 0.05) is 5.56 Å². The predicted molar refractivity (Wildman–Crippen MR) is 50.4 cm³/mol. The van der Waals surface area contributed by atoms with E-state index in [9.17, 15) is 0 Å². The Morgan fingerprint density at radius 2 is 2.15 bits per heavy atom. The number of hydrogen-bond acceptors (Lipinski definition) is 3. The topological polar surface area (TPSA) is 45.4 Å². The Kier molecular flexibility index (Phi) is 3.04. The Bertz CT molecular complexity index is 363. The molecule has 66 valence electrons. The van der Waals surface area contributed by atoms with Gasteiger partial charge < -0.3 is 4.84 Å². The highest BCUT2D eigenvalue weighted by molar-refractivity contribution is 6.00. The van der Waals surface area contributed by atoms with E-state index in [4.69, 9.17) is 5.26 Å². The number of hydrogen-bond donors (Lipinski definition) is 0. The zero-order chi connectivity index (χ0) is 9.68. The molecule has 1 aromatic rings. The SMILES string of the molecule is CON=C(C)c1ccccc1C#N. The molecule has 0 heterocycles. The second-order valence-electron chi connectivity index (χ2n) is 2.52. The van der Waals surface area contributed by atoms with Gasteiger partial charge in [-0.2, -0.15) is 5.26 Å². The fourth-order valence-electron chi connectivity index (χ4n) is 1.08. The van der Waals surface area contributed by atoms with Gasteiger partial charge in [0.1, 0.15) is 7.11 Å². The quantitative estimate of drug-likeness (QED) is 0.508. The fraction of sp³-hybridized carbons (Fsp3) is 0.200. The van der Waals surface area contributed by atoms with Crippen molar-refractivity contribution in [1.29, 1.82) is 5.26 Å². The molecule has 3 heteroatoms. The van der Waals surface area contributed by atoms with Crippen LogP contribution in [0, 0.1) is 11.3 Å². The lowest BCUT2D eigenvalue weighted by atomic mass is 10.1. The molecule has 1 aromatic carbocycles. The van der Waals surface area contributed by atoms with Crippen LogP contribution in [0.1, 0.15) is 18.1 Å². The minimum absolute atomic E-state index is 0.612. The standard InChI is InChI=1S/C10H10N2O/c1-8(12-13-2)10-6-4-3-5-9(10)7-11/h3-6H,1-2H3. The molecule has 0 spiro atoms. The van der Waals surface area contributed by atoms with Crippen LogP contribution in [0.5, 0.6) is 0 Å². The Balaban J connectivity index is 3.15. The fourth-order valence-corrected chi connectivity index (χ4v) is 1.08. The van der Waals surface area contributed by atoms with Crippen LogP contribution in [0.4, 0.5) is 0 Å². The number of nitrogens with zero attached hydrogens (tertiary/aromatic N) is 2. The van der Waals surface area contributed by atoms with Gasteiger partial charge in [0.25, 0.3) is 0 Å². The summed E-state index contributed by atoms with van der Waals surface area (Å²) in [5, 5.41) is 12.6. The van der Waals surface area contributed by atoms with Gasteiger partial charge in [-0.15, -0.1) is 0 Å². The largest absolute Gasteiger partial charge is 0.399 e. The van der Waals surface area contributed by atoms with E-state index >= 15 is 0 Å². The van der Waals surface area contributed by atoms with Gasteiger partial charge in [-0.3, -0.25) is 0 Å². The van der Waals surface area contributed by atoms with Crippen LogP contribution in [-0.2, 0) is 4.84 Å². The van der Waals surface area contributed by atoms with E-state index in [-0.39, 0.29) is 0 Å². The molecule has 0 saturated heterocycles. The summed E-state index contributed by atoms with van der Waals surface area (Å²) in [4.78, 5) is 4.64. The zero-order valence-corrected chi connectivity index (χ0v) is 7.61. The second kappa shape index (κ2) is 4.27. The van der Waals surface area contributed by atoms with Crippen LogP contribution in [0.2, 0.25) is 0 Å². The van der Waals surface area contributed by atoms with Crippen molar-refractivity contribution in [3.05, 3.63) is 35.4 Å². The van der Waals surface area contributed by atoms with Crippen LogP contribution in [-0.4, -0.2) is 12.8 Å². The molecule has 0 aromatic heterocycles. The first-order chi connectivity index (χ1) is 6.29. The third-order valence-corrected chi connectivity index (χ3v) is 1.67. The highest BCUT2D eigenvalue weighted by atomic mass is 16.6. The molecule has 0 radical (unpaired) electrons. The Morgan fingerprint density at radius 1 is 1.46 bits per heavy atom. The lowest BCUT2D eigenvalue weighted by molar-refractivity contribution is 0.213. The van der Waals surface area contributed by atoms with Crippen molar-refractivity contribution >= 4 is 5.71 Å². The first kappa shape index (κ1) is 9.27. The van der Waals surface area contributed by atoms with E-state index < -0.39 is 0 Å². The van der Waals surface area contributed by atoms with E-state index in [1.807, 2.05) is 18.2 Å². The van der Waals surface area contributed by atoms with Gasteiger partial charge >= 0.3 is 0 Å². The zero-order valence-electron chi connectivity index (χ0n) is 7.61. The summed E-state index contributed by atoms with van der Waals surface area (Å²) in [7, 11) is 1.48. The molecule has 0 N–H and O–H groups in total. The lowest BCUT2D eigenvalue weighted by Gasteiger charge is -2.00. The van der Waals surface area contributed by atoms with Crippen molar-refractivity contribution in [2.24, 2.45) is 5.16 Å². The average Bonchev–Trinajstić information content (AvgIpc) is 2.18. The number of rotatable bonds is 2. The van der Waals surface area contributed by atoms with Gasteiger partial charge in [0.2, 0.25) is 0 Å². The van der Waals surface area contributed by atoms with Crippen LogP contribution in [0.25, 0.3) is 0 Å². The smallest absolute Gasteiger partial charge is 0.106 e. The molecule has 0 bridgehead atoms. The summed E-state index contributed by atoms with van der Waals surface area (Å²) in [5.74, 6) is 0. The minimum Gasteiger partial charge on any atom is -0.399 e. The molecular weight excluding hydrogens is 164 g/mol. The molecule has 13 heavy (non-hydrogen) atoms. The maximum absolute atomic E-state index is 8.79. The van der Waals surface area contributed by atoms with Gasteiger partial charge in [-0.05, 0) is 13.0 Å². The normalized spacial score (nSPS) is 10.7. The van der Waals surface area contributed by atoms with Gasteiger partial charge in [-0.25, -0.2) is 0 Å². The number of nitriles is 1. The number of benzene rings is 1. The first-order valence-corrected chi connectivity index (χ1v) is 3.87. The Hall–Kier alpha value is -1.82. The Labute approximate surface area is 77.2 Å². The predicted octanol–water partition coefficient (Wildman–Crippen LogP) is 1.93. The summed E-state index contributed by atoms with van der Waals surface area (Å²) in [6.07, 6.45) is 0. The van der Waals surface area contributed by atoms with Crippen molar-refractivity contribution in [3.8, 4) is 6.07 Å². The second-order valence-corrected chi connectivity index (χ2v) is 2.52. The average molecular weight is 174 g/mol. The summed E-state index contributed by atoms with van der Waals surface area (Å²) in [5.41, 5.74) is 2.13. The monoisotopic (exact) mass is 174 g/mol. The van der Waals surface area contributed by atoms with Crippen molar-refractivity contribution in [2.75, 3.05) is 7.11 Å². The maximum Gasteiger partial charge on any atom is 0.106 e. The molecule has 1 rings (SSSR count). The molecule has 0 aliphatic rings. The van der Waals surface area contributed by atoms with Gasteiger partial charge in [-0.1, -0.05) is 23.4 Å². The molecular formula is C10H10N2O. The van der Waals surface area contributed by atoms with Crippen LogP contribution >= 0.6 is 0 Å². The van der Waals surface area contributed by atoms with Crippen molar-refractivity contribution < 1.29 is 4.84 Å². The molecule has 0 aliphatic carbocycles. The summed E-state index contributed by atoms with van der Waals surface area (Å²) >= 11 is 0. The van der Waals surface area contributed by atoms with Crippen LogP contribution in [0.3, 0.4) is 0 Å². The molecule has 0 fully saturated rings. The molecule has 0 amide bonds. The molecule has 0 saturated carbocycles. The van der Waals surface area contributed by atoms with E-state index in [0.29, 0.717) is 11.3 Å². The van der Waals surface area contributed by atoms with E-state index in [1.54, 1.807) is 13.0 Å². The molecule has 0 unspecified atom stereocenters.